The molecule has 0 atom stereocenters. The highest BCUT2D eigenvalue weighted by atomic mass is 32.2. The number of carbonyl (C=O) groups is 2. The van der Waals surface area contributed by atoms with Crippen molar-refractivity contribution in [3.63, 3.8) is 0 Å². The zero-order valence-electron chi connectivity index (χ0n) is 21.2. The minimum Gasteiger partial charge on any atom is -0.322 e. The van der Waals surface area contributed by atoms with E-state index < -0.39 is 15.9 Å². The van der Waals surface area contributed by atoms with Crippen molar-refractivity contribution in [3.8, 4) is 0 Å². The topological polar surface area (TPSA) is 83.6 Å². The molecular formula is C29H32N2O4S. The van der Waals surface area contributed by atoms with Crippen LogP contribution < -0.4 is 5.32 Å². The van der Waals surface area contributed by atoms with E-state index in [9.17, 15) is 18.0 Å². The van der Waals surface area contributed by atoms with Crippen LogP contribution in [-0.4, -0.2) is 37.5 Å². The molecule has 1 fully saturated rings. The van der Waals surface area contributed by atoms with Crippen molar-refractivity contribution in [1.29, 1.82) is 0 Å². The average molecular weight is 505 g/mol. The molecule has 0 radical (unpaired) electrons. The van der Waals surface area contributed by atoms with Crippen LogP contribution in [-0.2, 0) is 15.4 Å². The van der Waals surface area contributed by atoms with Crippen molar-refractivity contribution in [2.75, 3.05) is 18.4 Å². The first-order valence-electron chi connectivity index (χ1n) is 12.1. The summed E-state index contributed by atoms with van der Waals surface area (Å²) in [5, 5.41) is 2.82. The molecule has 1 amide bonds. The minimum absolute atomic E-state index is 0.00494. The van der Waals surface area contributed by atoms with Gasteiger partial charge in [-0.2, -0.15) is 4.31 Å². The summed E-state index contributed by atoms with van der Waals surface area (Å²) in [4.78, 5) is 26.3. The maximum atomic E-state index is 13.1. The predicted molar refractivity (Wildman–Crippen MR) is 142 cm³/mol. The molecule has 6 nitrogen and oxygen atoms in total. The molecule has 1 heterocycles. The third-order valence-corrected chi connectivity index (χ3v) is 8.45. The summed E-state index contributed by atoms with van der Waals surface area (Å²) in [6.07, 6.45) is 1.68. The number of sulfonamides is 1. The molecule has 4 rings (SSSR count). The summed E-state index contributed by atoms with van der Waals surface area (Å²) in [6.45, 7) is 9.12. The number of amides is 1. The van der Waals surface area contributed by atoms with Gasteiger partial charge in [-0.15, -0.1) is 0 Å². The van der Waals surface area contributed by atoms with E-state index >= 15 is 0 Å². The molecule has 1 saturated heterocycles. The number of anilines is 1. The van der Waals surface area contributed by atoms with E-state index in [0.29, 0.717) is 35.5 Å². The first-order valence-corrected chi connectivity index (χ1v) is 13.6. The lowest BCUT2D eigenvalue weighted by Crippen LogP contribution is -2.28. The highest BCUT2D eigenvalue weighted by Crippen LogP contribution is 2.25. The van der Waals surface area contributed by atoms with E-state index in [1.165, 1.54) is 10.4 Å². The van der Waals surface area contributed by atoms with Crippen LogP contribution >= 0.6 is 0 Å². The standard InChI is InChI=1S/C29H32N2O4S/c1-20-10-15-25(36(34,35)31-16-5-6-17-31)19-26(20)28(33)30-24-9-7-8-22(18-24)27(32)21-11-13-23(14-12-21)29(2,3)4/h7-15,18-19H,5-6,16-17H2,1-4H3,(H,30,33). The van der Waals surface area contributed by atoms with Crippen LogP contribution in [0.5, 0.6) is 0 Å². The fourth-order valence-electron chi connectivity index (χ4n) is 4.31. The Labute approximate surface area is 213 Å². The summed E-state index contributed by atoms with van der Waals surface area (Å²) in [5.74, 6) is -0.563. The van der Waals surface area contributed by atoms with Crippen molar-refractivity contribution >= 4 is 27.4 Å². The lowest BCUT2D eigenvalue weighted by molar-refractivity contribution is 0.102. The van der Waals surface area contributed by atoms with Crippen molar-refractivity contribution < 1.29 is 18.0 Å². The van der Waals surface area contributed by atoms with Crippen molar-refractivity contribution in [3.05, 3.63) is 94.5 Å². The van der Waals surface area contributed by atoms with Gasteiger partial charge in [0.2, 0.25) is 10.0 Å². The quantitative estimate of drug-likeness (QED) is 0.446. The molecule has 0 unspecified atom stereocenters. The van der Waals surface area contributed by atoms with E-state index in [4.69, 9.17) is 0 Å². The highest BCUT2D eigenvalue weighted by molar-refractivity contribution is 7.89. The fourth-order valence-corrected chi connectivity index (χ4v) is 5.85. The number of nitrogens with one attached hydrogen (secondary N) is 1. The summed E-state index contributed by atoms with van der Waals surface area (Å²) < 4.78 is 27.4. The van der Waals surface area contributed by atoms with Gasteiger partial charge < -0.3 is 5.32 Å². The highest BCUT2D eigenvalue weighted by Gasteiger charge is 2.28. The smallest absolute Gasteiger partial charge is 0.255 e. The van der Waals surface area contributed by atoms with Gasteiger partial charge in [-0.1, -0.05) is 63.2 Å². The minimum atomic E-state index is -3.64. The van der Waals surface area contributed by atoms with Gasteiger partial charge >= 0.3 is 0 Å². The third-order valence-electron chi connectivity index (χ3n) is 6.55. The molecule has 36 heavy (non-hydrogen) atoms. The lowest BCUT2D eigenvalue weighted by Gasteiger charge is -2.19. The molecule has 188 valence electrons. The van der Waals surface area contributed by atoms with Gasteiger partial charge in [0.15, 0.2) is 5.78 Å². The first-order chi connectivity index (χ1) is 17.0. The normalized spacial score (nSPS) is 14.6. The van der Waals surface area contributed by atoms with Crippen molar-refractivity contribution in [2.45, 2.75) is 50.8 Å². The number of benzene rings is 3. The van der Waals surface area contributed by atoms with Crippen molar-refractivity contribution in [2.24, 2.45) is 0 Å². The summed E-state index contributed by atoms with van der Waals surface area (Å²) in [5.41, 5.74) is 3.58. The van der Waals surface area contributed by atoms with Gasteiger partial charge in [0, 0.05) is 35.5 Å². The zero-order chi connectivity index (χ0) is 26.1. The number of rotatable bonds is 6. The SMILES string of the molecule is Cc1ccc(S(=O)(=O)N2CCCC2)cc1C(=O)Nc1cccc(C(=O)c2ccc(C(C)(C)C)cc2)c1. The number of hydrogen-bond donors (Lipinski definition) is 1. The van der Waals surface area contributed by atoms with Gasteiger partial charge in [-0.3, -0.25) is 9.59 Å². The van der Waals surface area contributed by atoms with Crippen LogP contribution in [0.3, 0.4) is 0 Å². The molecule has 3 aromatic carbocycles. The number of hydrogen-bond acceptors (Lipinski definition) is 4. The second-order valence-electron chi connectivity index (χ2n) is 10.3. The number of ketones is 1. The second kappa shape index (κ2) is 9.99. The average Bonchev–Trinajstić information content (AvgIpc) is 3.39. The molecule has 3 aromatic rings. The molecule has 0 aromatic heterocycles. The molecule has 0 aliphatic carbocycles. The molecule has 1 aliphatic heterocycles. The van der Waals surface area contributed by atoms with E-state index in [2.05, 4.69) is 26.1 Å². The number of carbonyl (C=O) groups excluding carboxylic acids is 2. The van der Waals surface area contributed by atoms with Gasteiger partial charge in [0.05, 0.1) is 4.90 Å². The Morgan fingerprint density at radius 3 is 2.17 bits per heavy atom. The zero-order valence-corrected chi connectivity index (χ0v) is 22.0. The van der Waals surface area contributed by atoms with Crippen LogP contribution in [0.15, 0.2) is 71.6 Å². The Morgan fingerprint density at radius 2 is 1.53 bits per heavy atom. The Hall–Kier alpha value is -3.29. The molecule has 0 saturated carbocycles. The maximum Gasteiger partial charge on any atom is 0.255 e. The Balaban J connectivity index is 1.54. The van der Waals surface area contributed by atoms with Crippen molar-refractivity contribution in [1.82, 2.24) is 4.31 Å². The molecule has 0 bridgehead atoms. The van der Waals surface area contributed by atoms with E-state index in [1.54, 1.807) is 43.3 Å². The molecule has 7 heteroatoms. The van der Waals surface area contributed by atoms with E-state index in [1.807, 2.05) is 24.3 Å². The van der Waals surface area contributed by atoms with Crippen LogP contribution in [0.25, 0.3) is 0 Å². The van der Waals surface area contributed by atoms with E-state index in [0.717, 1.165) is 18.4 Å². The number of aryl methyl sites for hydroxylation is 1. The summed E-state index contributed by atoms with van der Waals surface area (Å²) in [7, 11) is -3.64. The molecular weight excluding hydrogens is 472 g/mol. The largest absolute Gasteiger partial charge is 0.322 e. The van der Waals surface area contributed by atoms with Gasteiger partial charge in [-0.05, 0) is 60.6 Å². The Bertz CT molecular complexity index is 1400. The van der Waals surface area contributed by atoms with E-state index in [-0.39, 0.29) is 21.7 Å². The van der Waals surface area contributed by atoms with Crippen LogP contribution in [0.1, 0.15) is 71.0 Å². The second-order valence-corrected chi connectivity index (χ2v) is 12.2. The molecule has 0 spiro atoms. The van der Waals surface area contributed by atoms with Gasteiger partial charge in [0.25, 0.3) is 5.91 Å². The summed E-state index contributed by atoms with van der Waals surface area (Å²) >= 11 is 0. The third kappa shape index (κ3) is 5.42. The monoisotopic (exact) mass is 504 g/mol. The van der Waals surface area contributed by atoms with Gasteiger partial charge in [-0.25, -0.2) is 8.42 Å². The summed E-state index contributed by atoms with van der Waals surface area (Å²) in [6, 6.07) is 19.0. The lowest BCUT2D eigenvalue weighted by atomic mass is 9.86. The van der Waals surface area contributed by atoms with Crippen LogP contribution in [0.2, 0.25) is 0 Å². The van der Waals surface area contributed by atoms with Crippen LogP contribution in [0, 0.1) is 6.92 Å². The first kappa shape index (κ1) is 25.8. The maximum absolute atomic E-state index is 13.1. The fraction of sp³-hybridized carbons (Fsp3) is 0.310. The predicted octanol–water partition coefficient (Wildman–Crippen LogP) is 5.56. The molecule has 1 aliphatic rings. The number of nitrogens with zero attached hydrogens (tertiary/aromatic N) is 1. The van der Waals surface area contributed by atoms with Gasteiger partial charge in [0.1, 0.15) is 0 Å². The van der Waals surface area contributed by atoms with Crippen LogP contribution in [0.4, 0.5) is 5.69 Å². The Morgan fingerprint density at radius 1 is 0.861 bits per heavy atom. The molecule has 1 N–H and O–H groups in total. The Kier molecular flexibility index (Phi) is 7.16.